The summed E-state index contributed by atoms with van der Waals surface area (Å²) in [5.41, 5.74) is 1.71. The summed E-state index contributed by atoms with van der Waals surface area (Å²) in [5, 5.41) is 9.65. The Morgan fingerprint density at radius 1 is 0.965 bits per heavy atom. The number of carboxylic acids is 1. The highest BCUT2D eigenvalue weighted by Gasteiger charge is 2.70. The number of amides is 1. The number of aliphatic imine (C=N–C) groups is 1. The van der Waals surface area contributed by atoms with Gasteiger partial charge >= 0.3 is 11.9 Å². The van der Waals surface area contributed by atoms with Crippen molar-refractivity contribution >= 4 is 30.3 Å². The highest BCUT2D eigenvalue weighted by Crippen LogP contribution is 2.77. The predicted octanol–water partition coefficient (Wildman–Crippen LogP) is 9.32. The van der Waals surface area contributed by atoms with Gasteiger partial charge in [0, 0.05) is 23.8 Å². The van der Waals surface area contributed by atoms with Gasteiger partial charge in [0.15, 0.2) is 5.78 Å². The Morgan fingerprint density at radius 2 is 1.65 bits per heavy atom. The first-order valence-corrected chi connectivity index (χ1v) is 21.9. The number of ether oxygens (including phenoxy) is 1. The molecule has 9 nitrogen and oxygen atoms in total. The van der Waals surface area contributed by atoms with Gasteiger partial charge in [-0.05, 0) is 151 Å². The topological polar surface area (TPSA) is 117 Å². The van der Waals surface area contributed by atoms with Gasteiger partial charge < -0.3 is 19.6 Å². The molecule has 8 atom stereocenters. The Morgan fingerprint density at radius 3 is 2.25 bits per heavy atom. The summed E-state index contributed by atoms with van der Waals surface area (Å²) in [5.74, 6) is 0.262. The molecule has 9 heteroatoms. The van der Waals surface area contributed by atoms with Gasteiger partial charge in [0.25, 0.3) is 0 Å². The number of Topliss-reactive ketones (excluding diaryl/α,β-unsaturated/α-hetero) is 1. The number of carboxylic acid groups (broad SMARTS) is 1. The van der Waals surface area contributed by atoms with Crippen molar-refractivity contribution in [2.45, 2.75) is 146 Å². The van der Waals surface area contributed by atoms with Crippen LogP contribution in [-0.2, 0) is 23.9 Å². The highest BCUT2D eigenvalue weighted by molar-refractivity contribution is 6.00. The third-order valence-electron chi connectivity index (χ3n) is 16.7. The Hall–Kier alpha value is -3.07. The van der Waals surface area contributed by atoms with Gasteiger partial charge in [-0.3, -0.25) is 24.2 Å². The van der Waals surface area contributed by atoms with Crippen molar-refractivity contribution in [1.82, 2.24) is 9.80 Å². The SMILES string of the molecule is C=N/C(=C\C=C/C)CN(CC[C@@]12CC[C@]3(C)[C@H](CC[C@@H]4[C@@]5(C)CC[C@H](OC(=O)CC(C)(C)C(=O)O)C(C)(C)[C@@H]5CC[C@]43C)C1=C(C(C)C)C(=O)C2)C(=O)CN(C)C. The van der Waals surface area contributed by atoms with Crippen LogP contribution in [0.2, 0.25) is 0 Å². The summed E-state index contributed by atoms with van der Waals surface area (Å²) >= 11 is 0. The van der Waals surface area contributed by atoms with E-state index in [0.717, 1.165) is 69.1 Å². The fraction of sp³-hybridized carbons (Fsp3) is 0.771. The lowest BCUT2D eigenvalue weighted by Gasteiger charge is -2.72. The van der Waals surface area contributed by atoms with Crippen LogP contribution >= 0.6 is 0 Å². The zero-order valence-electron chi connectivity index (χ0n) is 37.6. The van der Waals surface area contributed by atoms with Crippen LogP contribution in [0.3, 0.4) is 0 Å². The predicted molar refractivity (Wildman–Crippen MR) is 228 cm³/mol. The molecule has 0 radical (unpaired) electrons. The van der Waals surface area contributed by atoms with Crippen molar-refractivity contribution in [2.24, 2.45) is 61.2 Å². The van der Waals surface area contributed by atoms with Crippen LogP contribution < -0.4 is 0 Å². The van der Waals surface area contributed by atoms with E-state index in [1.54, 1.807) is 13.8 Å². The van der Waals surface area contributed by atoms with E-state index < -0.39 is 17.4 Å². The van der Waals surface area contributed by atoms with E-state index in [-0.39, 0.29) is 51.4 Å². The first kappa shape index (κ1) is 45.0. The smallest absolute Gasteiger partial charge is 0.309 e. The number of likely N-dealkylation sites (N-methyl/N-ethyl adjacent to an activating group) is 1. The zero-order chi connectivity index (χ0) is 42.5. The monoisotopic (exact) mass is 790 g/mol. The van der Waals surface area contributed by atoms with Crippen molar-refractivity contribution in [3.63, 3.8) is 0 Å². The number of ketones is 1. The summed E-state index contributed by atoms with van der Waals surface area (Å²) in [7, 11) is 3.84. The Kier molecular flexibility index (Phi) is 12.8. The number of hydrogen-bond acceptors (Lipinski definition) is 7. The van der Waals surface area contributed by atoms with Crippen LogP contribution in [-0.4, -0.2) is 85.1 Å². The van der Waals surface area contributed by atoms with Gasteiger partial charge in [-0.2, -0.15) is 0 Å². The summed E-state index contributed by atoms with van der Waals surface area (Å²) in [6.45, 7) is 26.8. The number of carbonyl (C=O) groups is 4. The molecule has 1 amide bonds. The minimum Gasteiger partial charge on any atom is -0.481 e. The van der Waals surface area contributed by atoms with E-state index in [0.29, 0.717) is 49.6 Å². The fourth-order valence-electron chi connectivity index (χ4n) is 13.4. The van der Waals surface area contributed by atoms with Crippen LogP contribution in [0.4, 0.5) is 0 Å². The molecule has 4 saturated carbocycles. The first-order chi connectivity index (χ1) is 26.4. The van der Waals surface area contributed by atoms with Crippen LogP contribution in [0.15, 0.2) is 40.1 Å². The number of carbonyl (C=O) groups excluding carboxylic acids is 3. The molecule has 1 N–H and O–H groups in total. The van der Waals surface area contributed by atoms with E-state index in [2.05, 4.69) is 60.2 Å². The molecule has 0 heterocycles. The second kappa shape index (κ2) is 16.2. The van der Waals surface area contributed by atoms with Crippen molar-refractivity contribution in [3.8, 4) is 0 Å². The zero-order valence-corrected chi connectivity index (χ0v) is 37.6. The molecule has 57 heavy (non-hydrogen) atoms. The molecule has 0 aromatic rings. The van der Waals surface area contributed by atoms with E-state index in [4.69, 9.17) is 4.74 Å². The van der Waals surface area contributed by atoms with Gasteiger partial charge in [-0.25, -0.2) is 0 Å². The van der Waals surface area contributed by atoms with Crippen molar-refractivity contribution < 1.29 is 29.0 Å². The number of allylic oxidation sites excluding steroid dienone is 5. The molecule has 5 aliphatic rings. The molecule has 0 spiro atoms. The van der Waals surface area contributed by atoms with E-state index >= 15 is 0 Å². The maximum absolute atomic E-state index is 14.3. The fourth-order valence-corrected chi connectivity index (χ4v) is 13.4. The summed E-state index contributed by atoms with van der Waals surface area (Å²) in [6.07, 6.45) is 14.8. The average Bonchev–Trinajstić information content (AvgIpc) is 3.41. The third-order valence-corrected chi connectivity index (χ3v) is 16.7. The highest BCUT2D eigenvalue weighted by atomic mass is 16.5. The molecular weight excluding hydrogens is 715 g/mol. The Labute approximate surface area is 344 Å². The van der Waals surface area contributed by atoms with Gasteiger partial charge in [0.2, 0.25) is 5.91 Å². The molecule has 0 bridgehead atoms. The molecule has 5 rings (SSSR count). The van der Waals surface area contributed by atoms with Crippen molar-refractivity contribution in [3.05, 3.63) is 35.1 Å². The number of fused-ring (bicyclic) bond motifs is 7. The number of hydrogen-bond donors (Lipinski definition) is 1. The minimum atomic E-state index is -1.17. The summed E-state index contributed by atoms with van der Waals surface area (Å²) in [4.78, 5) is 61.1. The van der Waals surface area contributed by atoms with Crippen LogP contribution in [0.5, 0.6) is 0 Å². The molecule has 0 saturated heterocycles. The molecular formula is C48H75N3O6. The quantitative estimate of drug-likeness (QED) is 0.106. The molecule has 0 aliphatic heterocycles. The molecule has 4 fully saturated rings. The Balaban J connectivity index is 1.44. The normalized spacial score (nSPS) is 35.1. The van der Waals surface area contributed by atoms with Gasteiger partial charge in [0.1, 0.15) is 6.10 Å². The third kappa shape index (κ3) is 7.89. The van der Waals surface area contributed by atoms with Crippen LogP contribution in [0.1, 0.15) is 140 Å². The Bertz CT molecular complexity index is 1700. The number of esters is 1. The molecule has 318 valence electrons. The largest absolute Gasteiger partial charge is 0.481 e. The van der Waals surface area contributed by atoms with Crippen molar-refractivity contribution in [1.29, 1.82) is 0 Å². The van der Waals surface area contributed by atoms with Crippen LogP contribution in [0, 0.1) is 56.2 Å². The lowest BCUT2D eigenvalue weighted by Crippen LogP contribution is -2.65. The summed E-state index contributed by atoms with van der Waals surface area (Å²) < 4.78 is 6.19. The van der Waals surface area contributed by atoms with E-state index in [1.165, 1.54) is 5.57 Å². The molecule has 0 unspecified atom stereocenters. The average molecular weight is 790 g/mol. The minimum absolute atomic E-state index is 0.0128. The van der Waals surface area contributed by atoms with Crippen molar-refractivity contribution in [2.75, 3.05) is 33.7 Å². The number of aliphatic carboxylic acids is 1. The van der Waals surface area contributed by atoms with E-state index in [9.17, 15) is 24.3 Å². The maximum atomic E-state index is 14.3. The molecule has 0 aromatic heterocycles. The van der Waals surface area contributed by atoms with Gasteiger partial charge in [-0.1, -0.05) is 66.2 Å². The second-order valence-corrected chi connectivity index (χ2v) is 21.3. The van der Waals surface area contributed by atoms with Crippen LogP contribution in [0.25, 0.3) is 0 Å². The lowest BCUT2D eigenvalue weighted by atomic mass is 9.33. The number of rotatable bonds is 14. The van der Waals surface area contributed by atoms with E-state index in [1.807, 2.05) is 49.0 Å². The molecule has 0 aromatic carbocycles. The number of nitrogens with zero attached hydrogens (tertiary/aromatic N) is 3. The maximum Gasteiger partial charge on any atom is 0.309 e. The van der Waals surface area contributed by atoms with Gasteiger partial charge in [-0.15, -0.1) is 0 Å². The molecule has 5 aliphatic carbocycles. The lowest BCUT2D eigenvalue weighted by molar-refractivity contribution is -0.233. The first-order valence-electron chi connectivity index (χ1n) is 21.9. The van der Waals surface area contributed by atoms with Gasteiger partial charge in [0.05, 0.1) is 30.6 Å². The summed E-state index contributed by atoms with van der Waals surface area (Å²) in [6, 6.07) is 0. The second-order valence-electron chi connectivity index (χ2n) is 21.3. The standard InChI is InChI=1S/C48H75N3O6/c1-14-15-16-32(49-11)29-51(38(53)30-50(12)13)26-25-48-24-23-46(9)33(41(48)40(31(2)3)34(52)27-48)17-18-36-45(8)21-20-37(57-39(54)28-43(4,5)42(55)56)44(6,7)35(45)19-22-47(36,46)10/h14-16,31,33,35-37H,11,17-30H2,1-10,12-13H3,(H,55,56)/b15-14-,32-16-/t33-,35+,36-,37+,45+,46-,47-,48-/m1/s1.